The molecule has 0 atom stereocenters. The summed E-state index contributed by atoms with van der Waals surface area (Å²) in [6.45, 7) is 3.26. The summed E-state index contributed by atoms with van der Waals surface area (Å²) >= 11 is 0. The Balaban J connectivity index is 0.000000123. The van der Waals surface area contributed by atoms with Gasteiger partial charge in [0.1, 0.15) is 0 Å². The summed E-state index contributed by atoms with van der Waals surface area (Å²) in [6, 6.07) is 13.2. The third-order valence-corrected chi connectivity index (χ3v) is 9.45. The third kappa shape index (κ3) is 3.67. The van der Waals surface area contributed by atoms with Gasteiger partial charge in [-0.3, -0.25) is 24.7 Å². The molecule has 40 heavy (non-hydrogen) atoms. The number of pyridine rings is 4. The summed E-state index contributed by atoms with van der Waals surface area (Å²) in [6.07, 6.45) is 16.8. The van der Waals surface area contributed by atoms with Gasteiger partial charge in [0.25, 0.3) is 0 Å². The molecule has 9 rings (SSSR count). The second-order valence-corrected chi connectivity index (χ2v) is 12.2. The number of hydrogen-bond acceptors (Lipinski definition) is 6. The molecule has 0 radical (unpaired) electrons. The van der Waals surface area contributed by atoms with Crippen molar-refractivity contribution in [1.82, 2.24) is 19.9 Å². The van der Waals surface area contributed by atoms with Crippen molar-refractivity contribution in [3.63, 3.8) is 0 Å². The topological polar surface area (TPSA) is 75.1 Å². The Kier molecular flexibility index (Phi) is 5.00. The Morgan fingerprint density at radius 2 is 1.57 bits per heavy atom. The molecule has 0 saturated heterocycles. The van der Waals surface area contributed by atoms with Crippen molar-refractivity contribution < 1.29 is 4.79 Å². The number of anilines is 2. The van der Waals surface area contributed by atoms with E-state index >= 15 is 0 Å². The molecule has 2 spiro atoms. The Bertz CT molecular complexity index is 1660. The maximum atomic E-state index is 12.3. The highest BCUT2D eigenvalue weighted by molar-refractivity contribution is 6.10. The first-order chi connectivity index (χ1) is 19.5. The van der Waals surface area contributed by atoms with Gasteiger partial charge in [0.05, 0.1) is 22.5 Å². The van der Waals surface area contributed by atoms with Crippen molar-refractivity contribution >= 4 is 17.3 Å². The van der Waals surface area contributed by atoms with Crippen LogP contribution in [0.15, 0.2) is 67.4 Å². The minimum atomic E-state index is -0.245. The average molecular weight is 529 g/mol. The van der Waals surface area contributed by atoms with Crippen LogP contribution in [0.2, 0.25) is 0 Å². The first-order valence-electron chi connectivity index (χ1n) is 14.4. The summed E-state index contributed by atoms with van der Waals surface area (Å²) in [4.78, 5) is 34.4. The van der Waals surface area contributed by atoms with Gasteiger partial charge in [0, 0.05) is 89.7 Å². The summed E-state index contributed by atoms with van der Waals surface area (Å²) in [7, 11) is 1.85. The molecule has 3 fully saturated rings. The van der Waals surface area contributed by atoms with Crippen molar-refractivity contribution in [2.75, 3.05) is 23.4 Å². The molecule has 0 bridgehead atoms. The molecule has 200 valence electrons. The van der Waals surface area contributed by atoms with Crippen LogP contribution < -0.4 is 9.80 Å². The minimum absolute atomic E-state index is 0.215. The van der Waals surface area contributed by atoms with Gasteiger partial charge in [0.2, 0.25) is 5.91 Å². The molecule has 0 aromatic carbocycles. The number of carbonyl (C=O) groups is 1. The molecule has 7 heteroatoms. The maximum Gasteiger partial charge on any atom is 0.237 e. The van der Waals surface area contributed by atoms with E-state index in [1.807, 2.05) is 44.6 Å². The van der Waals surface area contributed by atoms with E-state index in [1.165, 1.54) is 49.0 Å². The smallest absolute Gasteiger partial charge is 0.237 e. The molecule has 6 heterocycles. The zero-order valence-electron chi connectivity index (χ0n) is 23.0. The van der Waals surface area contributed by atoms with Gasteiger partial charge in [-0.15, -0.1) is 0 Å². The summed E-state index contributed by atoms with van der Waals surface area (Å²) in [5, 5.41) is 0. The normalized spacial score (nSPS) is 20.3. The molecule has 1 amide bonds. The van der Waals surface area contributed by atoms with Gasteiger partial charge in [-0.25, -0.2) is 0 Å². The van der Waals surface area contributed by atoms with Crippen molar-refractivity contribution in [3.8, 4) is 22.5 Å². The SMILES string of the molecule is CN1C(=O)C2(CC2)c2cnc(-c3cccnc3)cc21.Cc1cc(-c2cc3c(cn2)C2(CC2)CN3C2CC2)ccn1. The predicted octanol–water partition coefficient (Wildman–Crippen LogP) is 5.62. The van der Waals surface area contributed by atoms with E-state index in [0.717, 1.165) is 52.8 Å². The quantitative estimate of drug-likeness (QED) is 0.344. The van der Waals surface area contributed by atoms with Crippen LogP contribution in [0.4, 0.5) is 11.4 Å². The van der Waals surface area contributed by atoms with Crippen LogP contribution in [-0.4, -0.2) is 45.5 Å². The highest BCUT2D eigenvalue weighted by Crippen LogP contribution is 2.59. The van der Waals surface area contributed by atoms with E-state index in [1.54, 1.807) is 17.3 Å². The number of likely N-dealkylation sites (N-methyl/N-ethyl adjacent to an activating group) is 1. The number of fused-ring (bicyclic) bond motifs is 4. The van der Waals surface area contributed by atoms with Crippen molar-refractivity contribution in [3.05, 3.63) is 84.2 Å². The molecule has 7 nitrogen and oxygen atoms in total. The highest BCUT2D eigenvalue weighted by atomic mass is 16.2. The fraction of sp³-hybridized carbons (Fsp3) is 0.364. The lowest BCUT2D eigenvalue weighted by molar-refractivity contribution is -0.119. The van der Waals surface area contributed by atoms with Crippen LogP contribution in [0.3, 0.4) is 0 Å². The van der Waals surface area contributed by atoms with E-state index in [0.29, 0.717) is 5.41 Å². The molecule has 3 saturated carbocycles. The van der Waals surface area contributed by atoms with Crippen molar-refractivity contribution in [2.45, 2.75) is 62.3 Å². The lowest BCUT2D eigenvalue weighted by atomic mass is 9.99. The third-order valence-electron chi connectivity index (χ3n) is 9.45. The molecular formula is C33H32N6O. The number of carbonyl (C=O) groups excluding carboxylic acids is 1. The average Bonchev–Trinajstić information content (AvgIpc) is 3.87. The predicted molar refractivity (Wildman–Crippen MR) is 155 cm³/mol. The standard InChI is InChI=1S/C18H19N3.C15H13N3O/c1-12-8-13(4-7-19-12)16-9-17-15(10-20-16)18(5-6-18)11-21(17)14-2-3-14;1-18-13-7-12(10-3-2-6-16-8-10)17-9-11(13)15(4-5-15)14(18)19/h4,7-10,14H,2-3,5-6,11H2,1H3;2-3,6-9H,4-5H2,1H3. The van der Waals surface area contributed by atoms with E-state index in [9.17, 15) is 4.79 Å². The van der Waals surface area contributed by atoms with Gasteiger partial charge < -0.3 is 9.80 Å². The molecule has 5 aliphatic rings. The zero-order valence-corrected chi connectivity index (χ0v) is 23.0. The molecule has 2 aliphatic heterocycles. The van der Waals surface area contributed by atoms with E-state index in [2.05, 4.69) is 44.2 Å². The van der Waals surface area contributed by atoms with Gasteiger partial charge in [-0.2, -0.15) is 0 Å². The van der Waals surface area contributed by atoms with Crippen LogP contribution in [0, 0.1) is 6.92 Å². The van der Waals surface area contributed by atoms with Gasteiger partial charge in [-0.05, 0) is 81.8 Å². The van der Waals surface area contributed by atoms with Gasteiger partial charge in [-0.1, -0.05) is 0 Å². The Hall–Kier alpha value is -4.13. The molecule has 4 aromatic rings. The van der Waals surface area contributed by atoms with E-state index in [4.69, 9.17) is 4.98 Å². The first-order valence-corrected chi connectivity index (χ1v) is 14.4. The van der Waals surface area contributed by atoms with Crippen LogP contribution in [0.5, 0.6) is 0 Å². The fourth-order valence-electron chi connectivity index (χ4n) is 6.66. The number of aromatic nitrogens is 4. The van der Waals surface area contributed by atoms with Gasteiger partial charge in [0.15, 0.2) is 0 Å². The molecular weight excluding hydrogens is 496 g/mol. The molecule has 0 unspecified atom stereocenters. The van der Waals surface area contributed by atoms with E-state index < -0.39 is 0 Å². The Morgan fingerprint density at radius 3 is 2.25 bits per heavy atom. The van der Waals surface area contributed by atoms with Crippen molar-refractivity contribution in [1.29, 1.82) is 0 Å². The molecule has 0 N–H and O–H groups in total. The number of hydrogen-bond donors (Lipinski definition) is 0. The first kappa shape index (κ1) is 23.7. The van der Waals surface area contributed by atoms with Crippen LogP contribution >= 0.6 is 0 Å². The van der Waals surface area contributed by atoms with E-state index in [-0.39, 0.29) is 11.3 Å². The fourth-order valence-corrected chi connectivity index (χ4v) is 6.66. The largest absolute Gasteiger partial charge is 0.367 e. The van der Waals surface area contributed by atoms with Crippen LogP contribution in [-0.2, 0) is 15.6 Å². The number of aryl methyl sites for hydroxylation is 1. The monoisotopic (exact) mass is 528 g/mol. The number of nitrogens with zero attached hydrogens (tertiary/aromatic N) is 6. The number of rotatable bonds is 3. The second-order valence-electron chi connectivity index (χ2n) is 12.2. The summed E-state index contributed by atoms with van der Waals surface area (Å²) in [5.74, 6) is 0.215. The molecule has 3 aliphatic carbocycles. The van der Waals surface area contributed by atoms with Crippen molar-refractivity contribution in [2.24, 2.45) is 0 Å². The Labute approximate surface area is 234 Å². The van der Waals surface area contributed by atoms with Crippen LogP contribution in [0.1, 0.15) is 55.3 Å². The lowest BCUT2D eigenvalue weighted by Crippen LogP contribution is -2.27. The lowest BCUT2D eigenvalue weighted by Gasteiger charge is -2.19. The summed E-state index contributed by atoms with van der Waals surface area (Å²) < 4.78 is 0. The zero-order chi connectivity index (χ0) is 27.1. The number of amides is 1. The Morgan fingerprint density at radius 1 is 0.825 bits per heavy atom. The second kappa shape index (κ2) is 8.43. The molecule has 4 aromatic heterocycles. The summed E-state index contributed by atoms with van der Waals surface area (Å²) in [5.41, 5.74) is 10.4. The highest BCUT2D eigenvalue weighted by Gasteiger charge is 2.58. The minimum Gasteiger partial charge on any atom is -0.367 e. The van der Waals surface area contributed by atoms with Gasteiger partial charge >= 0.3 is 0 Å². The van der Waals surface area contributed by atoms with Crippen LogP contribution in [0.25, 0.3) is 22.5 Å². The maximum absolute atomic E-state index is 12.3.